The highest BCUT2D eigenvalue weighted by Gasteiger charge is 2.23. The Hall–Kier alpha value is -1.59. The number of para-hydroxylation sites is 1. The third-order valence-electron chi connectivity index (χ3n) is 4.76. The van der Waals surface area contributed by atoms with E-state index in [0.29, 0.717) is 5.75 Å². The number of carbonyl (C=O) groups excluding carboxylic acids is 1. The lowest BCUT2D eigenvalue weighted by Gasteiger charge is -2.35. The van der Waals surface area contributed by atoms with Gasteiger partial charge in [0.05, 0.1) is 0 Å². The molecule has 0 bridgehead atoms. The van der Waals surface area contributed by atoms with Crippen molar-refractivity contribution in [3.63, 3.8) is 0 Å². The molecule has 1 aromatic rings. The van der Waals surface area contributed by atoms with Gasteiger partial charge in [0.25, 0.3) is 0 Å². The zero-order chi connectivity index (χ0) is 15.9. The van der Waals surface area contributed by atoms with Crippen molar-refractivity contribution in [2.24, 2.45) is 0 Å². The molecule has 0 aliphatic carbocycles. The molecule has 0 spiro atoms. The van der Waals surface area contributed by atoms with Crippen LogP contribution >= 0.6 is 0 Å². The van der Waals surface area contributed by atoms with Crippen LogP contribution in [0.25, 0.3) is 0 Å². The number of likely N-dealkylation sites (tertiary alicyclic amines) is 1. The Morgan fingerprint density at radius 3 is 2.09 bits per heavy atom. The van der Waals surface area contributed by atoms with Gasteiger partial charge < -0.3 is 14.5 Å². The quantitative estimate of drug-likeness (QED) is 0.854. The van der Waals surface area contributed by atoms with Crippen LogP contribution in [0.5, 0.6) is 5.75 Å². The summed E-state index contributed by atoms with van der Waals surface area (Å²) in [5.41, 5.74) is 0. The summed E-state index contributed by atoms with van der Waals surface area (Å²) >= 11 is 0. The van der Waals surface area contributed by atoms with Crippen LogP contribution < -0.4 is 4.74 Å². The highest BCUT2D eigenvalue weighted by molar-refractivity contribution is 5.70. The maximum Gasteiger partial charge on any atom is 0.415 e. The van der Waals surface area contributed by atoms with Crippen molar-refractivity contribution in [3.05, 3.63) is 30.3 Å². The number of hydrogen-bond acceptors (Lipinski definition) is 4. The summed E-state index contributed by atoms with van der Waals surface area (Å²) in [7, 11) is 0. The second-order valence-corrected chi connectivity index (χ2v) is 6.41. The van der Waals surface area contributed by atoms with E-state index < -0.39 is 0 Å². The summed E-state index contributed by atoms with van der Waals surface area (Å²) in [5.74, 6) is 0.616. The third-order valence-corrected chi connectivity index (χ3v) is 4.76. The van der Waals surface area contributed by atoms with Crippen LogP contribution in [0.1, 0.15) is 19.3 Å². The van der Waals surface area contributed by atoms with Crippen molar-refractivity contribution < 1.29 is 9.53 Å². The van der Waals surface area contributed by atoms with E-state index in [1.54, 1.807) is 0 Å². The lowest BCUT2D eigenvalue weighted by molar-refractivity contribution is 0.101. The fourth-order valence-electron chi connectivity index (χ4n) is 3.27. The monoisotopic (exact) mass is 317 g/mol. The van der Waals surface area contributed by atoms with Crippen molar-refractivity contribution in [2.75, 3.05) is 52.4 Å². The van der Waals surface area contributed by atoms with Gasteiger partial charge in [-0.15, -0.1) is 0 Å². The molecule has 2 saturated heterocycles. The van der Waals surface area contributed by atoms with E-state index >= 15 is 0 Å². The van der Waals surface area contributed by atoms with Gasteiger partial charge >= 0.3 is 6.09 Å². The maximum atomic E-state index is 12.2. The fourth-order valence-corrected chi connectivity index (χ4v) is 3.27. The molecule has 2 fully saturated rings. The lowest BCUT2D eigenvalue weighted by Crippen LogP contribution is -2.51. The van der Waals surface area contributed by atoms with Crippen molar-refractivity contribution in [3.8, 4) is 5.75 Å². The first-order valence-corrected chi connectivity index (χ1v) is 8.78. The average Bonchev–Trinajstić information content (AvgIpc) is 2.62. The molecule has 0 unspecified atom stereocenters. The second kappa shape index (κ2) is 8.31. The van der Waals surface area contributed by atoms with Crippen LogP contribution in [-0.4, -0.2) is 73.2 Å². The van der Waals surface area contributed by atoms with Gasteiger partial charge in [-0.3, -0.25) is 4.90 Å². The molecule has 1 amide bonds. The molecular weight excluding hydrogens is 290 g/mol. The number of benzene rings is 1. The molecule has 0 atom stereocenters. The van der Waals surface area contributed by atoms with E-state index in [4.69, 9.17) is 4.74 Å². The van der Waals surface area contributed by atoms with Crippen molar-refractivity contribution in [2.45, 2.75) is 19.3 Å². The molecule has 0 aromatic heterocycles. The van der Waals surface area contributed by atoms with Crippen molar-refractivity contribution >= 4 is 6.09 Å². The molecule has 5 heteroatoms. The van der Waals surface area contributed by atoms with Gasteiger partial charge in [-0.2, -0.15) is 0 Å². The zero-order valence-corrected chi connectivity index (χ0v) is 13.8. The minimum Gasteiger partial charge on any atom is -0.410 e. The first-order chi connectivity index (χ1) is 11.3. The number of carbonyl (C=O) groups is 1. The Morgan fingerprint density at radius 1 is 0.826 bits per heavy atom. The first-order valence-electron chi connectivity index (χ1n) is 8.78. The fraction of sp³-hybridized carbons (Fsp3) is 0.611. The van der Waals surface area contributed by atoms with E-state index in [1.165, 1.54) is 32.4 Å². The van der Waals surface area contributed by atoms with Gasteiger partial charge in [0, 0.05) is 39.3 Å². The molecule has 2 aliphatic rings. The predicted octanol–water partition coefficient (Wildman–Crippen LogP) is 2.29. The average molecular weight is 317 g/mol. The molecule has 2 heterocycles. The first kappa shape index (κ1) is 16.3. The Bertz CT molecular complexity index is 480. The minimum atomic E-state index is -0.230. The van der Waals surface area contributed by atoms with Crippen LogP contribution in [0, 0.1) is 0 Å². The molecule has 0 N–H and O–H groups in total. The number of piperidine rings is 1. The summed E-state index contributed by atoms with van der Waals surface area (Å²) in [6, 6.07) is 9.29. The number of amides is 1. The second-order valence-electron chi connectivity index (χ2n) is 6.41. The molecule has 2 aliphatic heterocycles. The Kier molecular flexibility index (Phi) is 5.88. The van der Waals surface area contributed by atoms with Crippen LogP contribution in [0.15, 0.2) is 30.3 Å². The summed E-state index contributed by atoms with van der Waals surface area (Å²) in [6.07, 6.45) is 3.85. The summed E-state index contributed by atoms with van der Waals surface area (Å²) in [5, 5.41) is 0. The Labute approximate surface area is 138 Å². The molecule has 23 heavy (non-hydrogen) atoms. The standard InChI is InChI=1S/C18H27N3O2/c22-18(23-17-7-3-1-4-8-17)21-15-13-20(14-16-21)12-11-19-9-5-2-6-10-19/h1,3-4,7-8H,2,5-6,9-16H2. The third kappa shape index (κ3) is 4.94. The molecule has 1 aromatic carbocycles. The minimum absolute atomic E-state index is 0.230. The number of nitrogens with zero attached hydrogens (tertiary/aromatic N) is 3. The Morgan fingerprint density at radius 2 is 1.43 bits per heavy atom. The SMILES string of the molecule is O=C(Oc1ccccc1)N1CCN(CCN2CCCCC2)CC1. The number of rotatable bonds is 4. The van der Waals surface area contributed by atoms with Crippen molar-refractivity contribution in [1.82, 2.24) is 14.7 Å². The molecule has 0 saturated carbocycles. The van der Waals surface area contributed by atoms with E-state index in [2.05, 4.69) is 9.80 Å². The predicted molar refractivity (Wildman–Crippen MR) is 90.8 cm³/mol. The van der Waals surface area contributed by atoms with Gasteiger partial charge in [-0.05, 0) is 38.1 Å². The van der Waals surface area contributed by atoms with E-state index in [9.17, 15) is 4.79 Å². The van der Waals surface area contributed by atoms with E-state index in [-0.39, 0.29) is 6.09 Å². The number of ether oxygens (including phenoxy) is 1. The smallest absolute Gasteiger partial charge is 0.410 e. The molecule has 5 nitrogen and oxygen atoms in total. The van der Waals surface area contributed by atoms with Gasteiger partial charge in [0.1, 0.15) is 5.75 Å². The number of hydrogen-bond donors (Lipinski definition) is 0. The van der Waals surface area contributed by atoms with Crippen LogP contribution in [0.3, 0.4) is 0 Å². The maximum absolute atomic E-state index is 12.2. The molecule has 0 radical (unpaired) electrons. The highest BCUT2D eigenvalue weighted by atomic mass is 16.6. The van der Waals surface area contributed by atoms with Gasteiger partial charge in [-0.1, -0.05) is 24.6 Å². The topological polar surface area (TPSA) is 36.0 Å². The number of piperazine rings is 1. The normalized spacial score (nSPS) is 20.4. The van der Waals surface area contributed by atoms with Crippen LogP contribution in [0.2, 0.25) is 0 Å². The summed E-state index contributed by atoms with van der Waals surface area (Å²) < 4.78 is 5.40. The van der Waals surface area contributed by atoms with Crippen LogP contribution in [0.4, 0.5) is 4.79 Å². The summed E-state index contributed by atoms with van der Waals surface area (Å²) in [4.78, 5) is 19.0. The highest BCUT2D eigenvalue weighted by Crippen LogP contribution is 2.12. The largest absolute Gasteiger partial charge is 0.415 e. The molecular formula is C18H27N3O2. The zero-order valence-electron chi connectivity index (χ0n) is 13.8. The lowest BCUT2D eigenvalue weighted by atomic mass is 10.1. The van der Waals surface area contributed by atoms with Crippen molar-refractivity contribution in [1.29, 1.82) is 0 Å². The molecule has 3 rings (SSSR count). The van der Waals surface area contributed by atoms with Gasteiger partial charge in [-0.25, -0.2) is 4.79 Å². The van der Waals surface area contributed by atoms with Gasteiger partial charge in [0.15, 0.2) is 0 Å². The van der Waals surface area contributed by atoms with E-state index in [1.807, 2.05) is 35.2 Å². The Balaban J connectivity index is 1.37. The molecule has 126 valence electrons. The van der Waals surface area contributed by atoms with Gasteiger partial charge in [0.2, 0.25) is 0 Å². The summed E-state index contributed by atoms with van der Waals surface area (Å²) in [6.45, 7) is 8.18. The van der Waals surface area contributed by atoms with E-state index in [0.717, 1.165) is 39.3 Å². The van der Waals surface area contributed by atoms with Crippen LogP contribution in [-0.2, 0) is 0 Å².